The quantitative estimate of drug-likeness (QED) is 0.561. The maximum Gasteiger partial charge on any atom is 1.00 e. The van der Waals surface area contributed by atoms with Crippen LogP contribution in [-0.2, 0) is 4.79 Å². The van der Waals surface area contributed by atoms with E-state index in [2.05, 4.69) is 4.98 Å². The van der Waals surface area contributed by atoms with E-state index in [0.29, 0.717) is 12.3 Å². The molecular formula is C11H14KNO2. The van der Waals surface area contributed by atoms with Gasteiger partial charge in [-0.2, -0.15) is 0 Å². The molecule has 4 heteroatoms. The van der Waals surface area contributed by atoms with Crippen LogP contribution >= 0.6 is 0 Å². The van der Waals surface area contributed by atoms with Crippen LogP contribution in [0, 0.1) is 5.92 Å². The number of hydrogen-bond donors (Lipinski definition) is 0. The summed E-state index contributed by atoms with van der Waals surface area (Å²) in [7, 11) is 0. The molecule has 3 nitrogen and oxygen atoms in total. The van der Waals surface area contributed by atoms with E-state index in [1.54, 1.807) is 24.5 Å². The summed E-state index contributed by atoms with van der Waals surface area (Å²) in [4.78, 5) is 14.8. The summed E-state index contributed by atoms with van der Waals surface area (Å²) >= 11 is 0. The fourth-order valence-corrected chi connectivity index (χ4v) is 1.44. The van der Waals surface area contributed by atoms with Gasteiger partial charge in [0.25, 0.3) is 0 Å². The smallest absolute Gasteiger partial charge is 0.549 e. The molecule has 0 fully saturated rings. The summed E-state index contributed by atoms with van der Waals surface area (Å²) in [6.45, 7) is 3.99. The average molecular weight is 231 g/mol. The SMILES string of the molecule is CC(C)CC(C(=O)[O-])c1ccncc1.[K+]. The second-order valence-electron chi connectivity index (χ2n) is 3.78. The first kappa shape index (κ1) is 15.3. The zero-order valence-corrected chi connectivity index (χ0v) is 12.6. The number of carbonyl (C=O) groups excluding carboxylic acids is 1. The van der Waals surface area contributed by atoms with Crippen LogP contribution in [0.3, 0.4) is 0 Å². The molecule has 0 aromatic carbocycles. The van der Waals surface area contributed by atoms with E-state index in [1.165, 1.54) is 0 Å². The Bertz CT molecular complexity index is 301. The van der Waals surface area contributed by atoms with Crippen molar-refractivity contribution in [3.63, 3.8) is 0 Å². The van der Waals surface area contributed by atoms with Crippen LogP contribution in [0.4, 0.5) is 0 Å². The number of rotatable bonds is 4. The molecule has 1 rings (SSSR count). The topological polar surface area (TPSA) is 53.0 Å². The monoisotopic (exact) mass is 231 g/mol. The number of carboxylic acid groups (broad SMARTS) is 1. The van der Waals surface area contributed by atoms with Crippen LogP contribution in [0.15, 0.2) is 24.5 Å². The van der Waals surface area contributed by atoms with Crippen molar-refractivity contribution in [1.29, 1.82) is 0 Å². The summed E-state index contributed by atoms with van der Waals surface area (Å²) in [5.74, 6) is -1.19. The number of hydrogen-bond acceptors (Lipinski definition) is 3. The van der Waals surface area contributed by atoms with Gasteiger partial charge in [0.1, 0.15) is 0 Å². The van der Waals surface area contributed by atoms with Gasteiger partial charge in [-0.15, -0.1) is 0 Å². The molecule has 1 unspecified atom stereocenters. The number of aromatic nitrogens is 1. The van der Waals surface area contributed by atoms with Crippen molar-refractivity contribution in [1.82, 2.24) is 4.98 Å². The summed E-state index contributed by atoms with van der Waals surface area (Å²) in [6, 6.07) is 3.45. The molecule has 0 aliphatic rings. The normalized spacial score (nSPS) is 11.9. The molecule has 0 aliphatic heterocycles. The van der Waals surface area contributed by atoms with E-state index in [0.717, 1.165) is 5.56 Å². The second-order valence-corrected chi connectivity index (χ2v) is 3.78. The van der Waals surface area contributed by atoms with E-state index in [-0.39, 0.29) is 51.4 Å². The Morgan fingerprint density at radius 3 is 2.33 bits per heavy atom. The number of nitrogens with zero attached hydrogens (tertiary/aromatic N) is 1. The zero-order valence-electron chi connectivity index (χ0n) is 9.43. The summed E-state index contributed by atoms with van der Waals surface area (Å²) in [5, 5.41) is 10.9. The van der Waals surface area contributed by atoms with Crippen molar-refractivity contribution in [2.45, 2.75) is 26.2 Å². The Morgan fingerprint density at radius 2 is 1.93 bits per heavy atom. The zero-order chi connectivity index (χ0) is 10.6. The fourth-order valence-electron chi connectivity index (χ4n) is 1.44. The molecule has 76 valence electrons. The van der Waals surface area contributed by atoms with Gasteiger partial charge in [-0.3, -0.25) is 4.98 Å². The van der Waals surface area contributed by atoms with Gasteiger partial charge >= 0.3 is 51.4 Å². The van der Waals surface area contributed by atoms with Crippen LogP contribution in [0.25, 0.3) is 0 Å². The summed E-state index contributed by atoms with van der Waals surface area (Å²) < 4.78 is 0. The third-order valence-corrected chi connectivity index (χ3v) is 2.10. The van der Waals surface area contributed by atoms with Gasteiger partial charge in [-0.05, 0) is 30.0 Å². The molecule has 1 heterocycles. The van der Waals surface area contributed by atoms with E-state index in [4.69, 9.17) is 0 Å². The second kappa shape index (κ2) is 7.52. The predicted octanol–water partition coefficient (Wildman–Crippen LogP) is -2.03. The Hall–Kier alpha value is 0.256. The Balaban J connectivity index is 0.00000196. The molecule has 1 aromatic rings. The van der Waals surface area contributed by atoms with Crippen LogP contribution in [-0.4, -0.2) is 11.0 Å². The van der Waals surface area contributed by atoms with Crippen molar-refractivity contribution < 1.29 is 61.3 Å². The van der Waals surface area contributed by atoms with E-state index in [9.17, 15) is 9.90 Å². The molecule has 1 atom stereocenters. The van der Waals surface area contributed by atoms with Gasteiger partial charge in [-0.1, -0.05) is 13.8 Å². The van der Waals surface area contributed by atoms with E-state index in [1.807, 2.05) is 13.8 Å². The van der Waals surface area contributed by atoms with Gasteiger partial charge in [0.15, 0.2) is 0 Å². The molecule has 0 N–H and O–H groups in total. The minimum absolute atomic E-state index is 0. The number of aliphatic carboxylic acids is 1. The van der Waals surface area contributed by atoms with E-state index >= 15 is 0 Å². The maximum atomic E-state index is 10.9. The van der Waals surface area contributed by atoms with Crippen LogP contribution in [0.2, 0.25) is 0 Å². The van der Waals surface area contributed by atoms with Crippen molar-refractivity contribution in [2.24, 2.45) is 5.92 Å². The van der Waals surface area contributed by atoms with Crippen LogP contribution in [0.1, 0.15) is 31.7 Å². The molecule has 0 radical (unpaired) electrons. The molecule has 0 saturated carbocycles. The molecule has 0 aliphatic carbocycles. The largest absolute Gasteiger partial charge is 1.00 e. The van der Waals surface area contributed by atoms with Gasteiger partial charge in [-0.25, -0.2) is 0 Å². The minimum atomic E-state index is -1.01. The summed E-state index contributed by atoms with van der Waals surface area (Å²) in [6.07, 6.45) is 3.81. The average Bonchev–Trinajstić information content (AvgIpc) is 2.15. The Kier molecular flexibility index (Phi) is 7.65. The third-order valence-electron chi connectivity index (χ3n) is 2.10. The summed E-state index contributed by atoms with van der Waals surface area (Å²) in [5.41, 5.74) is 0.772. The van der Waals surface area contributed by atoms with Gasteiger partial charge in [0.05, 0.1) is 0 Å². The first-order valence-corrected chi connectivity index (χ1v) is 4.72. The number of carboxylic acids is 1. The van der Waals surface area contributed by atoms with Gasteiger partial charge in [0, 0.05) is 24.3 Å². The van der Waals surface area contributed by atoms with Crippen molar-refractivity contribution in [3.05, 3.63) is 30.1 Å². The maximum absolute atomic E-state index is 10.9. The molecule has 0 saturated heterocycles. The first-order valence-electron chi connectivity index (χ1n) is 4.72. The minimum Gasteiger partial charge on any atom is -0.549 e. The molecule has 0 spiro atoms. The predicted molar refractivity (Wildman–Crippen MR) is 51.4 cm³/mol. The molecule has 15 heavy (non-hydrogen) atoms. The standard InChI is InChI=1S/C11H15NO2.K/c1-8(2)7-10(11(13)14)9-3-5-12-6-4-9;/h3-6,8,10H,7H2,1-2H3,(H,13,14);/q;+1/p-1. The third kappa shape index (κ3) is 5.22. The van der Waals surface area contributed by atoms with Gasteiger partial charge < -0.3 is 9.90 Å². The Labute approximate surface area is 133 Å². The van der Waals surface area contributed by atoms with Crippen LogP contribution in [0.5, 0.6) is 0 Å². The van der Waals surface area contributed by atoms with Crippen LogP contribution < -0.4 is 56.5 Å². The molecular weight excluding hydrogens is 217 g/mol. The molecule has 0 bridgehead atoms. The van der Waals surface area contributed by atoms with Gasteiger partial charge in [0.2, 0.25) is 0 Å². The van der Waals surface area contributed by atoms with Crippen molar-refractivity contribution in [2.75, 3.05) is 0 Å². The number of pyridine rings is 1. The molecule has 1 aromatic heterocycles. The Morgan fingerprint density at radius 1 is 1.40 bits per heavy atom. The number of carbonyl (C=O) groups is 1. The van der Waals surface area contributed by atoms with Crippen molar-refractivity contribution >= 4 is 5.97 Å². The first-order chi connectivity index (χ1) is 6.61. The molecule has 0 amide bonds. The van der Waals surface area contributed by atoms with E-state index < -0.39 is 11.9 Å². The fraction of sp³-hybridized carbons (Fsp3) is 0.455. The van der Waals surface area contributed by atoms with Crippen molar-refractivity contribution in [3.8, 4) is 0 Å².